The van der Waals surface area contributed by atoms with Gasteiger partial charge in [0.05, 0.1) is 0 Å². The Balaban J connectivity index is 2.03. The fourth-order valence-corrected chi connectivity index (χ4v) is 3.21. The van der Waals surface area contributed by atoms with E-state index < -0.39 is 0 Å². The van der Waals surface area contributed by atoms with Crippen LogP contribution >= 0.6 is 0 Å². The summed E-state index contributed by atoms with van der Waals surface area (Å²) in [5.74, 6) is 0.0249. The molecule has 1 saturated heterocycles. The molecule has 0 spiro atoms. The SMILES string of the molecule is CC/C=C(\C)C(=O)NCC1(NC(C)c2ccccc2)CCOCC1. The second kappa shape index (κ2) is 9.00. The summed E-state index contributed by atoms with van der Waals surface area (Å²) in [5, 5.41) is 6.87. The highest BCUT2D eigenvalue weighted by molar-refractivity contribution is 5.92. The fraction of sp³-hybridized carbons (Fsp3) is 0.550. The predicted molar refractivity (Wildman–Crippen MR) is 97.8 cm³/mol. The molecule has 4 heteroatoms. The normalized spacial score (nSPS) is 18.9. The molecule has 24 heavy (non-hydrogen) atoms. The molecule has 1 amide bonds. The summed E-state index contributed by atoms with van der Waals surface area (Å²) in [7, 11) is 0. The monoisotopic (exact) mass is 330 g/mol. The highest BCUT2D eigenvalue weighted by Gasteiger charge is 2.34. The molecular weight excluding hydrogens is 300 g/mol. The van der Waals surface area contributed by atoms with Crippen molar-refractivity contribution >= 4 is 5.91 Å². The van der Waals surface area contributed by atoms with E-state index >= 15 is 0 Å². The highest BCUT2D eigenvalue weighted by atomic mass is 16.5. The van der Waals surface area contributed by atoms with Gasteiger partial charge >= 0.3 is 0 Å². The molecule has 1 unspecified atom stereocenters. The molecule has 0 aliphatic carbocycles. The van der Waals surface area contributed by atoms with Gasteiger partial charge in [-0.25, -0.2) is 0 Å². The van der Waals surface area contributed by atoms with E-state index in [1.54, 1.807) is 0 Å². The van der Waals surface area contributed by atoms with Crippen molar-refractivity contribution < 1.29 is 9.53 Å². The molecule has 1 atom stereocenters. The van der Waals surface area contributed by atoms with E-state index in [-0.39, 0.29) is 17.5 Å². The molecule has 1 aliphatic heterocycles. The lowest BCUT2D eigenvalue weighted by Gasteiger charge is -2.40. The Morgan fingerprint density at radius 3 is 2.58 bits per heavy atom. The van der Waals surface area contributed by atoms with E-state index in [2.05, 4.69) is 41.8 Å². The summed E-state index contributed by atoms with van der Waals surface area (Å²) in [6, 6.07) is 10.7. The number of nitrogens with one attached hydrogen (secondary N) is 2. The molecule has 0 aromatic heterocycles. The molecule has 1 fully saturated rings. The van der Waals surface area contributed by atoms with Crippen molar-refractivity contribution in [2.24, 2.45) is 0 Å². The molecule has 132 valence electrons. The molecule has 1 aliphatic rings. The van der Waals surface area contributed by atoms with Crippen LogP contribution in [0.4, 0.5) is 0 Å². The summed E-state index contributed by atoms with van der Waals surface area (Å²) < 4.78 is 5.54. The van der Waals surface area contributed by atoms with Gasteiger partial charge in [-0.15, -0.1) is 0 Å². The minimum atomic E-state index is -0.115. The van der Waals surface area contributed by atoms with E-state index in [0.29, 0.717) is 6.54 Å². The van der Waals surface area contributed by atoms with Gasteiger partial charge in [-0.2, -0.15) is 0 Å². The lowest BCUT2D eigenvalue weighted by atomic mass is 9.88. The zero-order valence-electron chi connectivity index (χ0n) is 15.1. The number of hydrogen-bond donors (Lipinski definition) is 2. The standard InChI is InChI=1S/C20H30N2O2/c1-4-8-16(2)19(23)21-15-20(11-13-24-14-12-20)22-17(3)18-9-6-5-7-10-18/h5-10,17,22H,4,11-15H2,1-3H3,(H,21,23)/b16-8+. The summed E-state index contributed by atoms with van der Waals surface area (Å²) in [6.45, 7) is 8.18. The quantitative estimate of drug-likeness (QED) is 0.754. The maximum absolute atomic E-state index is 12.2. The van der Waals surface area contributed by atoms with Crippen LogP contribution in [0.15, 0.2) is 42.0 Å². The van der Waals surface area contributed by atoms with Crippen molar-refractivity contribution in [1.82, 2.24) is 10.6 Å². The maximum Gasteiger partial charge on any atom is 0.246 e. The Kier molecular flexibility index (Phi) is 7.00. The average molecular weight is 330 g/mol. The molecule has 0 radical (unpaired) electrons. The number of carbonyl (C=O) groups is 1. The molecule has 2 rings (SSSR count). The van der Waals surface area contributed by atoms with Crippen molar-refractivity contribution in [1.29, 1.82) is 0 Å². The summed E-state index contributed by atoms with van der Waals surface area (Å²) in [6.07, 6.45) is 4.65. The third-order valence-electron chi connectivity index (χ3n) is 4.73. The first-order valence-corrected chi connectivity index (χ1v) is 8.92. The fourth-order valence-electron chi connectivity index (χ4n) is 3.21. The summed E-state index contributed by atoms with van der Waals surface area (Å²) in [4.78, 5) is 12.2. The van der Waals surface area contributed by atoms with E-state index in [1.165, 1.54) is 5.56 Å². The Bertz CT molecular complexity index is 548. The largest absolute Gasteiger partial charge is 0.381 e. The van der Waals surface area contributed by atoms with Gasteiger partial charge in [-0.3, -0.25) is 4.79 Å². The molecule has 0 bridgehead atoms. The predicted octanol–water partition coefficient (Wildman–Crippen LogP) is 3.36. The van der Waals surface area contributed by atoms with Crippen LogP contribution in [0.25, 0.3) is 0 Å². The maximum atomic E-state index is 12.2. The molecule has 2 N–H and O–H groups in total. The van der Waals surface area contributed by atoms with E-state index in [4.69, 9.17) is 4.74 Å². The minimum Gasteiger partial charge on any atom is -0.381 e. The number of amides is 1. The Morgan fingerprint density at radius 1 is 1.29 bits per heavy atom. The van der Waals surface area contributed by atoms with Crippen molar-refractivity contribution in [3.05, 3.63) is 47.5 Å². The van der Waals surface area contributed by atoms with Crippen LogP contribution in [0.3, 0.4) is 0 Å². The average Bonchev–Trinajstić information content (AvgIpc) is 2.61. The smallest absolute Gasteiger partial charge is 0.246 e. The second-order valence-electron chi connectivity index (χ2n) is 6.65. The van der Waals surface area contributed by atoms with Crippen LogP contribution in [0.5, 0.6) is 0 Å². The van der Waals surface area contributed by atoms with Crippen molar-refractivity contribution in [3.63, 3.8) is 0 Å². The number of ether oxygens (including phenoxy) is 1. The van der Waals surface area contributed by atoms with Gasteiger partial charge in [0.25, 0.3) is 0 Å². The van der Waals surface area contributed by atoms with Gasteiger partial charge < -0.3 is 15.4 Å². The third-order valence-corrected chi connectivity index (χ3v) is 4.73. The van der Waals surface area contributed by atoms with E-state index in [1.807, 2.05) is 26.0 Å². The molecular formula is C20H30N2O2. The van der Waals surface area contributed by atoms with E-state index in [9.17, 15) is 4.79 Å². The number of allylic oxidation sites excluding steroid dienone is 1. The highest BCUT2D eigenvalue weighted by Crippen LogP contribution is 2.25. The van der Waals surface area contributed by atoms with Crippen molar-refractivity contribution in [3.8, 4) is 0 Å². The first-order valence-electron chi connectivity index (χ1n) is 8.92. The van der Waals surface area contributed by atoms with Gasteiger partial charge in [-0.1, -0.05) is 43.3 Å². The molecule has 1 aromatic rings. The van der Waals surface area contributed by atoms with Gasteiger partial charge in [-0.05, 0) is 38.7 Å². The van der Waals surface area contributed by atoms with Gasteiger partial charge in [0.1, 0.15) is 0 Å². The van der Waals surface area contributed by atoms with Crippen LogP contribution in [-0.2, 0) is 9.53 Å². The van der Waals surface area contributed by atoms with Crippen molar-refractivity contribution in [2.75, 3.05) is 19.8 Å². The molecule has 4 nitrogen and oxygen atoms in total. The molecule has 0 saturated carbocycles. The van der Waals surface area contributed by atoms with E-state index in [0.717, 1.165) is 38.0 Å². The third kappa shape index (κ3) is 5.18. The summed E-state index contributed by atoms with van der Waals surface area (Å²) in [5.41, 5.74) is 1.93. The van der Waals surface area contributed by atoms with Gasteiger partial charge in [0.15, 0.2) is 0 Å². The second-order valence-corrected chi connectivity index (χ2v) is 6.65. The zero-order valence-corrected chi connectivity index (χ0v) is 15.1. The number of benzene rings is 1. The van der Waals surface area contributed by atoms with Crippen LogP contribution in [0, 0.1) is 0 Å². The first kappa shape index (κ1) is 18.7. The molecule has 1 aromatic carbocycles. The topological polar surface area (TPSA) is 50.4 Å². The van der Waals surface area contributed by atoms with Gasteiger partial charge in [0.2, 0.25) is 5.91 Å². The minimum absolute atomic E-state index is 0.0249. The van der Waals surface area contributed by atoms with Crippen molar-refractivity contribution in [2.45, 2.75) is 51.6 Å². The van der Waals surface area contributed by atoms with Crippen LogP contribution < -0.4 is 10.6 Å². The zero-order chi connectivity index (χ0) is 17.4. The van der Waals surface area contributed by atoms with Crippen LogP contribution in [0.1, 0.15) is 51.6 Å². The Hall–Kier alpha value is -1.65. The number of hydrogen-bond acceptors (Lipinski definition) is 3. The molecule has 1 heterocycles. The number of rotatable bonds is 7. The summed E-state index contributed by atoms with van der Waals surface area (Å²) >= 11 is 0. The van der Waals surface area contributed by atoms with Crippen LogP contribution in [0.2, 0.25) is 0 Å². The number of carbonyl (C=O) groups excluding carboxylic acids is 1. The lowest BCUT2D eigenvalue weighted by Crippen LogP contribution is -2.57. The van der Waals surface area contributed by atoms with Crippen LogP contribution in [-0.4, -0.2) is 31.2 Å². The first-order chi connectivity index (χ1) is 11.6. The van der Waals surface area contributed by atoms with Gasteiger partial charge in [0, 0.05) is 36.9 Å². The Morgan fingerprint density at radius 2 is 1.96 bits per heavy atom. The lowest BCUT2D eigenvalue weighted by molar-refractivity contribution is -0.118. The Labute approximate surface area is 145 Å².